The molecular formula is C29H31FOS. The molecule has 0 aliphatic carbocycles. The van der Waals surface area contributed by atoms with Gasteiger partial charge in [-0.25, -0.2) is 4.39 Å². The van der Waals surface area contributed by atoms with Gasteiger partial charge in [-0.3, -0.25) is 0 Å². The number of aryl methyl sites for hydroxylation is 2. The third kappa shape index (κ3) is 4.78. The molecule has 0 saturated carbocycles. The standard InChI is InChI=1S/C29H31FOS/c1-3-5-6-7-8-10-22-15-18-25-24-17-16-23(21-13-11-20(9-4-2)12-14-21)19-26(24)29(32)31-28(25)27(22)30/h11-19H,3-10H2,1-2H3. The number of unbranched alkanes of at least 4 members (excludes halogenated alkanes) is 4. The number of halogens is 1. The molecule has 3 aromatic carbocycles. The van der Waals surface area contributed by atoms with Gasteiger partial charge < -0.3 is 4.42 Å². The van der Waals surface area contributed by atoms with Crippen molar-refractivity contribution in [1.29, 1.82) is 0 Å². The lowest BCUT2D eigenvalue weighted by Gasteiger charge is -2.10. The Morgan fingerprint density at radius 2 is 1.44 bits per heavy atom. The van der Waals surface area contributed by atoms with Gasteiger partial charge >= 0.3 is 0 Å². The Balaban J connectivity index is 1.67. The molecule has 0 aliphatic heterocycles. The molecule has 166 valence electrons. The van der Waals surface area contributed by atoms with Crippen LogP contribution in [0.2, 0.25) is 0 Å². The maximum absolute atomic E-state index is 15.3. The highest BCUT2D eigenvalue weighted by molar-refractivity contribution is 7.71. The van der Waals surface area contributed by atoms with E-state index in [0.717, 1.165) is 65.0 Å². The van der Waals surface area contributed by atoms with Gasteiger partial charge in [0.2, 0.25) is 0 Å². The Morgan fingerprint density at radius 3 is 2.19 bits per heavy atom. The van der Waals surface area contributed by atoms with E-state index in [9.17, 15) is 0 Å². The number of benzene rings is 3. The van der Waals surface area contributed by atoms with Crippen LogP contribution in [0.3, 0.4) is 0 Å². The summed E-state index contributed by atoms with van der Waals surface area (Å²) in [4.78, 5) is 0. The Hall–Kier alpha value is -2.52. The predicted octanol–water partition coefficient (Wildman–Crippen LogP) is 9.59. The molecule has 0 bridgehead atoms. The third-order valence-corrected chi connectivity index (χ3v) is 6.58. The van der Waals surface area contributed by atoms with E-state index in [1.807, 2.05) is 18.2 Å². The van der Waals surface area contributed by atoms with Gasteiger partial charge in [-0.2, -0.15) is 0 Å². The van der Waals surface area contributed by atoms with Crippen LogP contribution in [0.5, 0.6) is 0 Å². The van der Waals surface area contributed by atoms with Crippen LogP contribution in [0.4, 0.5) is 4.39 Å². The summed E-state index contributed by atoms with van der Waals surface area (Å²) in [5.74, 6) is -0.262. The first-order valence-corrected chi connectivity index (χ1v) is 12.3. The lowest BCUT2D eigenvalue weighted by molar-refractivity contribution is 0.535. The Labute approximate surface area is 195 Å². The van der Waals surface area contributed by atoms with Crippen molar-refractivity contribution in [2.75, 3.05) is 0 Å². The molecule has 0 fully saturated rings. The van der Waals surface area contributed by atoms with Gasteiger partial charge in [0, 0.05) is 10.8 Å². The number of rotatable bonds is 9. The summed E-state index contributed by atoms with van der Waals surface area (Å²) in [5, 5.41) is 2.58. The molecule has 0 amide bonds. The van der Waals surface area contributed by atoms with Crippen LogP contribution in [0.15, 0.2) is 59.0 Å². The molecule has 0 aliphatic rings. The molecule has 3 heteroatoms. The molecule has 32 heavy (non-hydrogen) atoms. The van der Waals surface area contributed by atoms with E-state index >= 15 is 4.39 Å². The SMILES string of the molecule is CCCCCCCc1ccc2c(oc(=S)c3cc(-c4ccc(CCC)cc4)ccc32)c1F. The van der Waals surface area contributed by atoms with Crippen LogP contribution in [-0.4, -0.2) is 0 Å². The molecule has 0 unspecified atom stereocenters. The largest absolute Gasteiger partial charge is 0.441 e. The Kier molecular flexibility index (Phi) is 7.36. The molecule has 1 aromatic heterocycles. The van der Waals surface area contributed by atoms with E-state index in [4.69, 9.17) is 16.6 Å². The van der Waals surface area contributed by atoms with Crippen molar-refractivity contribution >= 4 is 34.0 Å². The zero-order valence-corrected chi connectivity index (χ0v) is 19.9. The fourth-order valence-corrected chi connectivity index (χ4v) is 4.70. The van der Waals surface area contributed by atoms with E-state index in [-0.39, 0.29) is 11.4 Å². The summed E-state index contributed by atoms with van der Waals surface area (Å²) in [7, 11) is 0. The van der Waals surface area contributed by atoms with Crippen LogP contribution < -0.4 is 0 Å². The number of hydrogen-bond donors (Lipinski definition) is 0. The summed E-state index contributed by atoms with van der Waals surface area (Å²) in [6.45, 7) is 4.39. The van der Waals surface area contributed by atoms with Crippen LogP contribution in [0.25, 0.3) is 32.9 Å². The minimum Gasteiger partial charge on any atom is -0.441 e. The van der Waals surface area contributed by atoms with Crippen molar-refractivity contribution in [2.45, 2.75) is 65.2 Å². The molecule has 0 atom stereocenters. The summed E-state index contributed by atoms with van der Waals surface area (Å²) >= 11 is 5.55. The monoisotopic (exact) mass is 446 g/mol. The lowest BCUT2D eigenvalue weighted by Crippen LogP contribution is -1.94. The zero-order valence-electron chi connectivity index (χ0n) is 19.0. The van der Waals surface area contributed by atoms with E-state index in [0.29, 0.717) is 4.71 Å². The molecule has 0 radical (unpaired) electrons. The molecule has 4 rings (SSSR count). The van der Waals surface area contributed by atoms with E-state index in [1.54, 1.807) is 0 Å². The van der Waals surface area contributed by atoms with E-state index < -0.39 is 0 Å². The normalized spacial score (nSPS) is 11.5. The van der Waals surface area contributed by atoms with Crippen LogP contribution in [0, 0.1) is 10.5 Å². The van der Waals surface area contributed by atoms with Crippen molar-refractivity contribution in [1.82, 2.24) is 0 Å². The fraction of sp³-hybridized carbons (Fsp3) is 0.345. The van der Waals surface area contributed by atoms with Crippen molar-refractivity contribution in [2.24, 2.45) is 0 Å². The van der Waals surface area contributed by atoms with Crippen LogP contribution in [-0.2, 0) is 12.8 Å². The minimum absolute atomic E-state index is 0.262. The fourth-order valence-electron chi connectivity index (χ4n) is 4.45. The first-order chi connectivity index (χ1) is 15.6. The number of hydrogen-bond acceptors (Lipinski definition) is 2. The first-order valence-electron chi connectivity index (χ1n) is 11.9. The second-order valence-electron chi connectivity index (χ2n) is 8.68. The highest BCUT2D eigenvalue weighted by Crippen LogP contribution is 2.33. The zero-order chi connectivity index (χ0) is 22.5. The van der Waals surface area contributed by atoms with Crippen LogP contribution >= 0.6 is 12.2 Å². The van der Waals surface area contributed by atoms with Gasteiger partial charge in [0.15, 0.2) is 16.1 Å². The summed E-state index contributed by atoms with van der Waals surface area (Å²) in [6, 6.07) is 18.8. The average Bonchev–Trinajstić information content (AvgIpc) is 2.81. The predicted molar refractivity (Wildman–Crippen MR) is 136 cm³/mol. The van der Waals surface area contributed by atoms with Crippen molar-refractivity contribution in [3.63, 3.8) is 0 Å². The van der Waals surface area contributed by atoms with Crippen LogP contribution in [0.1, 0.15) is 63.5 Å². The molecule has 1 heterocycles. The highest BCUT2D eigenvalue weighted by Gasteiger charge is 2.14. The number of fused-ring (bicyclic) bond motifs is 3. The molecule has 4 aromatic rings. The summed E-state index contributed by atoms with van der Waals surface area (Å²) in [5.41, 5.74) is 4.58. The topological polar surface area (TPSA) is 13.1 Å². The maximum atomic E-state index is 15.3. The lowest BCUT2D eigenvalue weighted by atomic mass is 9.98. The van der Waals surface area contributed by atoms with Crippen molar-refractivity contribution in [3.8, 4) is 11.1 Å². The minimum atomic E-state index is -0.262. The van der Waals surface area contributed by atoms with Crippen molar-refractivity contribution in [3.05, 3.63) is 76.2 Å². The molecule has 0 spiro atoms. The second-order valence-corrected chi connectivity index (χ2v) is 9.05. The maximum Gasteiger partial charge on any atom is 0.198 e. The van der Waals surface area contributed by atoms with Crippen molar-refractivity contribution < 1.29 is 8.81 Å². The summed E-state index contributed by atoms with van der Waals surface area (Å²) in [6.07, 6.45) is 8.76. The van der Waals surface area contributed by atoms with Gasteiger partial charge in [-0.15, -0.1) is 0 Å². The van der Waals surface area contributed by atoms with E-state index in [2.05, 4.69) is 50.2 Å². The van der Waals surface area contributed by atoms with Gasteiger partial charge in [0.25, 0.3) is 0 Å². The van der Waals surface area contributed by atoms with E-state index in [1.165, 1.54) is 24.8 Å². The summed E-state index contributed by atoms with van der Waals surface area (Å²) < 4.78 is 21.5. The molecule has 0 saturated heterocycles. The van der Waals surface area contributed by atoms with Gasteiger partial charge in [0.05, 0.1) is 0 Å². The Bertz CT molecular complexity index is 1270. The Morgan fingerprint density at radius 1 is 0.719 bits per heavy atom. The van der Waals surface area contributed by atoms with Gasteiger partial charge in [-0.1, -0.05) is 94.5 Å². The molecule has 1 nitrogen and oxygen atoms in total. The highest BCUT2D eigenvalue weighted by atomic mass is 32.1. The van der Waals surface area contributed by atoms with Gasteiger partial charge in [-0.05, 0) is 65.2 Å². The average molecular weight is 447 g/mol. The second kappa shape index (κ2) is 10.4. The van der Waals surface area contributed by atoms with Gasteiger partial charge in [0.1, 0.15) is 0 Å². The smallest absolute Gasteiger partial charge is 0.198 e. The third-order valence-electron chi connectivity index (χ3n) is 6.28. The quantitative estimate of drug-likeness (QED) is 0.144. The molecular weight excluding hydrogens is 415 g/mol. The molecule has 0 N–H and O–H groups in total. The first kappa shape index (κ1) is 22.7.